The van der Waals surface area contributed by atoms with E-state index in [1.165, 1.54) is 31.1 Å². The average Bonchev–Trinajstić information content (AvgIpc) is 2.82. The number of likely N-dealkylation sites (tertiary alicyclic amines) is 1. The Morgan fingerprint density at radius 1 is 1.52 bits per heavy atom. The number of rotatable bonds is 6. The van der Waals surface area contributed by atoms with E-state index in [9.17, 15) is 4.79 Å². The minimum absolute atomic E-state index is 0.759. The van der Waals surface area contributed by atoms with Gasteiger partial charge in [-0.1, -0.05) is 24.3 Å². The highest BCUT2D eigenvalue weighted by Gasteiger charge is 2.20. The average molecular weight is 288 g/mol. The number of carboxylic acid groups (broad SMARTS) is 1. The fraction of sp³-hybridized carbons (Fsp3) is 0.471. The van der Waals surface area contributed by atoms with Crippen molar-refractivity contribution in [1.29, 1.82) is 0 Å². The summed E-state index contributed by atoms with van der Waals surface area (Å²) < 4.78 is 0. The van der Waals surface area contributed by atoms with Gasteiger partial charge in [-0.3, -0.25) is 0 Å². The SMILES string of the molecule is CN1CCC(CN(C)Cc2cccc(C=CC(=O)O)c2)C1. The quantitative estimate of drug-likeness (QED) is 0.815. The van der Waals surface area contributed by atoms with Crippen LogP contribution in [0.5, 0.6) is 0 Å². The van der Waals surface area contributed by atoms with Crippen LogP contribution in [0.1, 0.15) is 17.5 Å². The van der Waals surface area contributed by atoms with Gasteiger partial charge in [-0.25, -0.2) is 4.79 Å². The third-order valence-corrected chi connectivity index (χ3v) is 3.88. The van der Waals surface area contributed by atoms with Crippen LogP contribution < -0.4 is 0 Å². The van der Waals surface area contributed by atoms with Gasteiger partial charge in [0.2, 0.25) is 0 Å². The van der Waals surface area contributed by atoms with Crippen LogP contribution in [-0.2, 0) is 11.3 Å². The van der Waals surface area contributed by atoms with Crippen molar-refractivity contribution in [2.24, 2.45) is 5.92 Å². The molecule has 0 amide bonds. The summed E-state index contributed by atoms with van der Waals surface area (Å²) in [6.45, 7) is 4.40. The summed E-state index contributed by atoms with van der Waals surface area (Å²) in [5, 5.41) is 8.67. The molecule has 2 rings (SSSR count). The summed E-state index contributed by atoms with van der Waals surface area (Å²) in [5.74, 6) is -0.155. The Kier molecular flexibility index (Phi) is 5.53. The highest BCUT2D eigenvalue weighted by Crippen LogP contribution is 2.16. The van der Waals surface area contributed by atoms with E-state index >= 15 is 0 Å². The number of benzene rings is 1. The van der Waals surface area contributed by atoms with Gasteiger partial charge in [0.15, 0.2) is 0 Å². The standard InChI is InChI=1S/C17H24N2O2/c1-18-9-8-16(12-18)13-19(2)11-15-5-3-4-14(10-15)6-7-17(20)21/h3-7,10,16H,8-9,11-13H2,1-2H3,(H,20,21). The second-order valence-electron chi connectivity index (χ2n) is 6.03. The monoisotopic (exact) mass is 288 g/mol. The van der Waals surface area contributed by atoms with Gasteiger partial charge in [-0.05, 0) is 50.2 Å². The lowest BCUT2D eigenvalue weighted by Gasteiger charge is -2.21. The van der Waals surface area contributed by atoms with Gasteiger partial charge < -0.3 is 14.9 Å². The number of carboxylic acids is 1. The first-order chi connectivity index (χ1) is 10.0. The molecule has 1 fully saturated rings. The summed E-state index contributed by atoms with van der Waals surface area (Å²) in [7, 11) is 4.33. The largest absolute Gasteiger partial charge is 0.478 e. The molecule has 0 bridgehead atoms. The topological polar surface area (TPSA) is 43.8 Å². The zero-order valence-corrected chi connectivity index (χ0v) is 12.8. The molecule has 1 aliphatic heterocycles. The van der Waals surface area contributed by atoms with Gasteiger partial charge in [0, 0.05) is 25.7 Å². The maximum atomic E-state index is 10.6. The first kappa shape index (κ1) is 15.7. The van der Waals surface area contributed by atoms with E-state index in [4.69, 9.17) is 5.11 Å². The van der Waals surface area contributed by atoms with E-state index in [-0.39, 0.29) is 0 Å². The Hall–Kier alpha value is -1.65. The van der Waals surface area contributed by atoms with Gasteiger partial charge in [-0.2, -0.15) is 0 Å². The smallest absolute Gasteiger partial charge is 0.328 e. The van der Waals surface area contributed by atoms with Crippen molar-refractivity contribution >= 4 is 12.0 Å². The molecular formula is C17H24N2O2. The lowest BCUT2D eigenvalue weighted by Crippen LogP contribution is -2.27. The van der Waals surface area contributed by atoms with Crippen molar-refractivity contribution in [3.05, 3.63) is 41.5 Å². The van der Waals surface area contributed by atoms with Gasteiger partial charge >= 0.3 is 5.97 Å². The molecular weight excluding hydrogens is 264 g/mol. The molecule has 114 valence electrons. The third-order valence-electron chi connectivity index (χ3n) is 3.88. The molecule has 0 aromatic heterocycles. The van der Waals surface area contributed by atoms with Crippen LogP contribution in [0.15, 0.2) is 30.3 Å². The molecule has 1 aliphatic rings. The molecule has 21 heavy (non-hydrogen) atoms. The summed E-state index contributed by atoms with van der Waals surface area (Å²) in [6, 6.07) is 8.05. The van der Waals surface area contributed by atoms with Crippen molar-refractivity contribution in [1.82, 2.24) is 9.80 Å². The Labute approximate surface area is 126 Å². The van der Waals surface area contributed by atoms with E-state index in [1.807, 2.05) is 12.1 Å². The van der Waals surface area contributed by atoms with Crippen molar-refractivity contribution < 1.29 is 9.90 Å². The van der Waals surface area contributed by atoms with Gasteiger partial charge in [-0.15, -0.1) is 0 Å². The van der Waals surface area contributed by atoms with Gasteiger partial charge in [0.25, 0.3) is 0 Å². The predicted molar refractivity (Wildman–Crippen MR) is 85.0 cm³/mol. The van der Waals surface area contributed by atoms with Crippen LogP contribution in [0.3, 0.4) is 0 Å². The van der Waals surface area contributed by atoms with E-state index in [0.29, 0.717) is 0 Å². The molecule has 1 N–H and O–H groups in total. The Morgan fingerprint density at radius 2 is 2.33 bits per heavy atom. The minimum Gasteiger partial charge on any atom is -0.478 e. The highest BCUT2D eigenvalue weighted by atomic mass is 16.4. The Balaban J connectivity index is 1.89. The van der Waals surface area contributed by atoms with Crippen LogP contribution >= 0.6 is 0 Å². The lowest BCUT2D eigenvalue weighted by molar-refractivity contribution is -0.131. The summed E-state index contributed by atoms with van der Waals surface area (Å²) in [6.07, 6.45) is 4.09. The van der Waals surface area contributed by atoms with Crippen LogP contribution in [0, 0.1) is 5.92 Å². The molecule has 0 spiro atoms. The summed E-state index contributed by atoms with van der Waals surface area (Å²) in [5.41, 5.74) is 2.15. The third kappa shape index (κ3) is 5.33. The first-order valence-corrected chi connectivity index (χ1v) is 7.40. The molecule has 1 heterocycles. The normalized spacial score (nSPS) is 19.7. The second-order valence-corrected chi connectivity index (χ2v) is 6.03. The number of hydrogen-bond acceptors (Lipinski definition) is 3. The molecule has 4 heteroatoms. The zero-order valence-electron chi connectivity index (χ0n) is 12.8. The zero-order chi connectivity index (χ0) is 15.2. The van der Waals surface area contributed by atoms with Crippen LogP contribution in [-0.4, -0.2) is 54.6 Å². The summed E-state index contributed by atoms with van der Waals surface area (Å²) >= 11 is 0. The van der Waals surface area contributed by atoms with Crippen molar-refractivity contribution in [3.8, 4) is 0 Å². The molecule has 1 saturated heterocycles. The fourth-order valence-corrected chi connectivity index (χ4v) is 2.95. The molecule has 0 aliphatic carbocycles. The molecule has 1 aromatic carbocycles. The van der Waals surface area contributed by atoms with Gasteiger partial charge in [0.1, 0.15) is 0 Å². The Bertz CT molecular complexity index is 513. The molecule has 1 aromatic rings. The molecule has 4 nitrogen and oxygen atoms in total. The highest BCUT2D eigenvalue weighted by molar-refractivity contribution is 5.85. The van der Waals surface area contributed by atoms with E-state index in [0.717, 1.165) is 24.6 Å². The van der Waals surface area contributed by atoms with Crippen molar-refractivity contribution in [3.63, 3.8) is 0 Å². The molecule has 1 atom stereocenters. The van der Waals surface area contributed by atoms with E-state index < -0.39 is 5.97 Å². The van der Waals surface area contributed by atoms with Crippen LogP contribution in [0.25, 0.3) is 6.08 Å². The Morgan fingerprint density at radius 3 is 3.00 bits per heavy atom. The fourth-order valence-electron chi connectivity index (χ4n) is 2.95. The molecule has 0 saturated carbocycles. The molecule has 1 unspecified atom stereocenters. The molecule has 0 radical (unpaired) electrons. The van der Waals surface area contributed by atoms with Crippen LogP contribution in [0.2, 0.25) is 0 Å². The second kappa shape index (κ2) is 7.38. The minimum atomic E-state index is -0.914. The van der Waals surface area contributed by atoms with E-state index in [2.05, 4.69) is 36.0 Å². The lowest BCUT2D eigenvalue weighted by atomic mass is 10.1. The number of aliphatic carboxylic acids is 1. The van der Waals surface area contributed by atoms with Crippen molar-refractivity contribution in [2.45, 2.75) is 13.0 Å². The predicted octanol–water partition coefficient (Wildman–Crippen LogP) is 2.17. The number of nitrogens with zero attached hydrogens (tertiary/aromatic N) is 2. The van der Waals surface area contributed by atoms with Crippen LogP contribution in [0.4, 0.5) is 0 Å². The van der Waals surface area contributed by atoms with E-state index in [1.54, 1.807) is 6.08 Å². The first-order valence-electron chi connectivity index (χ1n) is 7.40. The summed E-state index contributed by atoms with van der Waals surface area (Å²) in [4.78, 5) is 15.3. The maximum Gasteiger partial charge on any atom is 0.328 e. The number of carbonyl (C=O) groups is 1. The van der Waals surface area contributed by atoms with Gasteiger partial charge in [0.05, 0.1) is 0 Å². The maximum absolute atomic E-state index is 10.6. The number of hydrogen-bond donors (Lipinski definition) is 1. The van der Waals surface area contributed by atoms with Crippen molar-refractivity contribution in [2.75, 3.05) is 33.7 Å².